The van der Waals surface area contributed by atoms with Gasteiger partial charge in [0.1, 0.15) is 12.4 Å². The van der Waals surface area contributed by atoms with Crippen molar-refractivity contribution in [2.75, 3.05) is 20.8 Å². The van der Waals surface area contributed by atoms with Crippen LogP contribution in [0.3, 0.4) is 0 Å². The Balaban J connectivity index is 2.02. The molecule has 150 valence electrons. The molecule has 1 atom stereocenters. The number of fused-ring (bicyclic) bond motifs is 3. The third kappa shape index (κ3) is 2.76. The molecule has 29 heavy (non-hydrogen) atoms. The topological polar surface area (TPSA) is 61.8 Å². The van der Waals surface area contributed by atoms with E-state index in [9.17, 15) is 9.59 Å². The molecular weight excluding hydrogens is 368 g/mol. The largest absolute Gasteiger partial charge is 0.489 e. The number of carbonyl (C=O) groups excluding carboxylic acids is 2. The number of hydrogen-bond donors (Lipinski definition) is 0. The summed E-state index contributed by atoms with van der Waals surface area (Å²) in [5.74, 6) is -0.486. The Labute approximate surface area is 170 Å². The van der Waals surface area contributed by atoms with E-state index in [1.54, 1.807) is 0 Å². The van der Waals surface area contributed by atoms with Crippen molar-refractivity contribution < 1.29 is 23.8 Å². The van der Waals surface area contributed by atoms with Crippen LogP contribution in [0.1, 0.15) is 34.6 Å². The highest BCUT2D eigenvalue weighted by Gasteiger charge is 2.60. The van der Waals surface area contributed by atoms with E-state index in [1.165, 1.54) is 14.2 Å². The third-order valence-electron chi connectivity index (χ3n) is 6.00. The van der Waals surface area contributed by atoms with E-state index in [0.717, 1.165) is 33.6 Å². The van der Waals surface area contributed by atoms with E-state index in [1.807, 2.05) is 44.2 Å². The number of hydrogen-bond acceptors (Lipinski definition) is 5. The summed E-state index contributed by atoms with van der Waals surface area (Å²) >= 11 is 0. The second-order valence-electron chi connectivity index (χ2n) is 7.70. The van der Waals surface area contributed by atoms with E-state index in [2.05, 4.69) is 12.1 Å². The Morgan fingerprint density at radius 1 is 1.03 bits per heavy atom. The zero-order valence-corrected chi connectivity index (χ0v) is 17.1. The van der Waals surface area contributed by atoms with Crippen molar-refractivity contribution in [3.05, 3.63) is 70.3 Å². The number of methoxy groups -OCH3 is 2. The van der Waals surface area contributed by atoms with Crippen LogP contribution in [-0.2, 0) is 19.1 Å². The second kappa shape index (κ2) is 7.07. The smallest absolute Gasteiger partial charge is 0.327 e. The summed E-state index contributed by atoms with van der Waals surface area (Å²) in [4.78, 5) is 26.2. The zero-order valence-electron chi connectivity index (χ0n) is 17.1. The quantitative estimate of drug-likeness (QED) is 0.584. The van der Waals surface area contributed by atoms with Crippen molar-refractivity contribution in [2.24, 2.45) is 5.41 Å². The van der Waals surface area contributed by atoms with Gasteiger partial charge in [0.25, 0.3) is 0 Å². The van der Waals surface area contributed by atoms with Gasteiger partial charge in [-0.2, -0.15) is 0 Å². The minimum atomic E-state index is -1.52. The molecule has 2 aliphatic rings. The molecule has 5 nitrogen and oxygen atoms in total. The number of esters is 2. The molecule has 1 heterocycles. The fourth-order valence-corrected chi connectivity index (χ4v) is 4.88. The zero-order chi connectivity index (χ0) is 20.8. The molecule has 4 rings (SSSR count). The lowest BCUT2D eigenvalue weighted by molar-refractivity contribution is -0.164. The Kier molecular flexibility index (Phi) is 4.69. The van der Waals surface area contributed by atoms with Crippen LogP contribution in [0.25, 0.3) is 5.57 Å². The van der Waals surface area contributed by atoms with Crippen LogP contribution in [0.2, 0.25) is 0 Å². The number of carbonyl (C=O) groups is 2. The van der Waals surface area contributed by atoms with Crippen LogP contribution in [0.4, 0.5) is 0 Å². The lowest BCUT2D eigenvalue weighted by Gasteiger charge is -2.28. The van der Waals surface area contributed by atoms with Crippen LogP contribution in [0.5, 0.6) is 5.75 Å². The molecule has 0 radical (unpaired) electrons. The lowest BCUT2D eigenvalue weighted by atomic mass is 9.76. The SMILES string of the molecule is COC(=O)C1(C(=O)OC)CC2C(=C1c1ccccc1)COc1c(C)cc(C)cc12. The Morgan fingerprint density at radius 3 is 2.31 bits per heavy atom. The molecule has 1 aliphatic heterocycles. The van der Waals surface area contributed by atoms with Crippen LogP contribution in [0, 0.1) is 19.3 Å². The fraction of sp³-hybridized carbons (Fsp3) is 0.333. The van der Waals surface area contributed by atoms with Gasteiger partial charge in [-0.25, -0.2) is 0 Å². The first-order valence-corrected chi connectivity index (χ1v) is 9.63. The number of rotatable bonds is 3. The molecule has 0 spiro atoms. The first-order chi connectivity index (χ1) is 13.9. The van der Waals surface area contributed by atoms with Gasteiger partial charge in [0, 0.05) is 11.5 Å². The normalized spacial score (nSPS) is 19.1. The van der Waals surface area contributed by atoms with Crippen LogP contribution in [0.15, 0.2) is 48.0 Å². The summed E-state index contributed by atoms with van der Waals surface area (Å²) in [5.41, 5.74) is 4.03. The Hall–Kier alpha value is -3.08. The monoisotopic (exact) mass is 392 g/mol. The molecule has 5 heteroatoms. The first-order valence-electron chi connectivity index (χ1n) is 9.63. The highest BCUT2D eigenvalue weighted by atomic mass is 16.5. The maximum absolute atomic E-state index is 13.1. The molecule has 2 aromatic carbocycles. The van der Waals surface area contributed by atoms with Gasteiger partial charge in [-0.05, 0) is 42.5 Å². The van der Waals surface area contributed by atoms with Crippen molar-refractivity contribution in [1.29, 1.82) is 0 Å². The highest BCUT2D eigenvalue weighted by Crippen LogP contribution is 2.59. The minimum absolute atomic E-state index is 0.120. The summed E-state index contributed by atoms with van der Waals surface area (Å²) in [5, 5.41) is 0. The predicted molar refractivity (Wildman–Crippen MR) is 109 cm³/mol. The Morgan fingerprint density at radius 2 is 1.69 bits per heavy atom. The first kappa shape index (κ1) is 19.2. The van der Waals surface area contributed by atoms with E-state index in [4.69, 9.17) is 14.2 Å². The van der Waals surface area contributed by atoms with Gasteiger partial charge in [0.05, 0.1) is 14.2 Å². The molecule has 2 aromatic rings. The van der Waals surface area contributed by atoms with Crippen molar-refractivity contribution in [3.8, 4) is 5.75 Å². The average molecular weight is 392 g/mol. The standard InChI is InChI=1S/C24H24O5/c1-14-10-15(2)21-17(11-14)18-12-24(22(25)27-3,23(26)28-4)20(19(18)13-29-21)16-8-6-5-7-9-16/h5-11,18H,12-13H2,1-4H3. The van der Waals surface area contributed by atoms with Crippen molar-refractivity contribution >= 4 is 17.5 Å². The van der Waals surface area contributed by atoms with E-state index in [0.29, 0.717) is 12.2 Å². The molecule has 1 unspecified atom stereocenters. The Bertz CT molecular complexity index is 1000. The molecular formula is C24H24O5. The van der Waals surface area contributed by atoms with E-state index < -0.39 is 17.4 Å². The van der Waals surface area contributed by atoms with E-state index >= 15 is 0 Å². The fourth-order valence-electron chi connectivity index (χ4n) is 4.88. The predicted octanol–water partition coefficient (Wildman–Crippen LogP) is 3.97. The third-order valence-corrected chi connectivity index (χ3v) is 6.00. The number of benzene rings is 2. The van der Waals surface area contributed by atoms with Gasteiger partial charge in [-0.15, -0.1) is 0 Å². The van der Waals surface area contributed by atoms with Gasteiger partial charge in [-0.1, -0.05) is 48.0 Å². The molecule has 0 N–H and O–H groups in total. The summed E-state index contributed by atoms with van der Waals surface area (Å²) in [6.45, 7) is 4.37. The maximum atomic E-state index is 13.1. The van der Waals surface area contributed by atoms with Gasteiger partial charge in [-0.3, -0.25) is 9.59 Å². The highest BCUT2D eigenvalue weighted by molar-refractivity contribution is 6.14. The minimum Gasteiger partial charge on any atom is -0.489 e. The van der Waals surface area contributed by atoms with Gasteiger partial charge >= 0.3 is 11.9 Å². The van der Waals surface area contributed by atoms with Crippen LogP contribution < -0.4 is 4.74 Å². The summed E-state index contributed by atoms with van der Waals surface area (Å²) < 4.78 is 16.4. The molecule has 0 bridgehead atoms. The molecule has 0 aromatic heterocycles. The van der Waals surface area contributed by atoms with E-state index in [-0.39, 0.29) is 12.3 Å². The van der Waals surface area contributed by atoms with Crippen molar-refractivity contribution in [1.82, 2.24) is 0 Å². The molecule has 1 aliphatic carbocycles. The molecule has 0 saturated heterocycles. The average Bonchev–Trinajstić information content (AvgIpc) is 3.09. The van der Waals surface area contributed by atoms with Crippen molar-refractivity contribution in [3.63, 3.8) is 0 Å². The van der Waals surface area contributed by atoms with Crippen LogP contribution >= 0.6 is 0 Å². The lowest BCUT2D eigenvalue weighted by Crippen LogP contribution is -2.41. The van der Waals surface area contributed by atoms with Gasteiger partial charge < -0.3 is 14.2 Å². The van der Waals surface area contributed by atoms with Gasteiger partial charge in [0.15, 0.2) is 5.41 Å². The maximum Gasteiger partial charge on any atom is 0.327 e. The van der Waals surface area contributed by atoms with Crippen LogP contribution in [-0.4, -0.2) is 32.8 Å². The summed E-state index contributed by atoms with van der Waals surface area (Å²) in [7, 11) is 2.61. The molecule has 0 saturated carbocycles. The number of aryl methyl sites for hydroxylation is 2. The van der Waals surface area contributed by atoms with Gasteiger partial charge in [0.2, 0.25) is 0 Å². The second-order valence-corrected chi connectivity index (χ2v) is 7.70. The molecule has 0 fully saturated rings. The van der Waals surface area contributed by atoms with Crippen molar-refractivity contribution in [2.45, 2.75) is 26.2 Å². The number of ether oxygens (including phenoxy) is 3. The summed E-state index contributed by atoms with van der Waals surface area (Å²) in [6, 6.07) is 13.7. The molecule has 0 amide bonds. The summed E-state index contributed by atoms with van der Waals surface area (Å²) in [6.07, 6.45) is 0.269.